The maximum Gasteiger partial charge on any atom is 0.305 e. The Morgan fingerprint density at radius 2 is 1.96 bits per heavy atom. The minimum Gasteiger partial charge on any atom is -0.466 e. The lowest BCUT2D eigenvalue weighted by atomic mass is 9.97. The second-order valence-electron chi connectivity index (χ2n) is 7.21. The molecule has 3 atom stereocenters. The Hall–Kier alpha value is -1.17. The van der Waals surface area contributed by atoms with Crippen molar-refractivity contribution in [1.82, 2.24) is 5.48 Å². The molecule has 0 bridgehead atoms. The van der Waals surface area contributed by atoms with Crippen LogP contribution in [-0.2, 0) is 14.4 Å². The number of esters is 1. The minimum atomic E-state index is -1.62. The van der Waals surface area contributed by atoms with E-state index in [1.165, 1.54) is 11.6 Å². The first kappa shape index (κ1) is 19.2. The molecule has 5 heteroatoms. The molecule has 1 aliphatic rings. The molecule has 1 N–H and O–H groups in total. The van der Waals surface area contributed by atoms with Crippen LogP contribution in [0.5, 0.6) is 0 Å². The van der Waals surface area contributed by atoms with Gasteiger partial charge in [0.25, 0.3) is 0 Å². The van der Waals surface area contributed by atoms with E-state index in [4.69, 9.17) is 9.57 Å². The Balaban J connectivity index is 2.15. The van der Waals surface area contributed by atoms with Crippen molar-refractivity contribution in [3.8, 4) is 0 Å². The number of hydrogen-bond donors (Lipinski definition) is 1. The second kappa shape index (κ2) is 8.79. The molecule has 0 aromatic heterocycles. The standard InChI is InChI=1S/C19H31NO3Si/c1-5-23-19(21)14-11-16-17(20-22-2)12-13-18(16)24(3,4)15-9-7-6-8-10-15/h6-10,16-18,20H,5,11-14H2,1-4H3/t16-,17-,18-/m0/s1. The third kappa shape index (κ3) is 4.46. The van der Waals surface area contributed by atoms with Gasteiger partial charge < -0.3 is 9.57 Å². The molecule has 1 saturated carbocycles. The molecule has 0 saturated heterocycles. The van der Waals surface area contributed by atoms with E-state index in [9.17, 15) is 4.79 Å². The normalized spacial score (nSPS) is 24.1. The van der Waals surface area contributed by atoms with E-state index in [0.717, 1.165) is 12.8 Å². The van der Waals surface area contributed by atoms with Gasteiger partial charge in [0.15, 0.2) is 0 Å². The molecule has 0 radical (unpaired) electrons. The van der Waals surface area contributed by atoms with Gasteiger partial charge in [0.1, 0.15) is 0 Å². The molecule has 0 unspecified atom stereocenters. The van der Waals surface area contributed by atoms with Gasteiger partial charge in [-0.25, -0.2) is 0 Å². The molecule has 0 spiro atoms. The summed E-state index contributed by atoms with van der Waals surface area (Å²) in [5.41, 5.74) is 3.81. The third-order valence-electron chi connectivity index (χ3n) is 5.52. The summed E-state index contributed by atoms with van der Waals surface area (Å²) in [7, 11) is 0.0576. The highest BCUT2D eigenvalue weighted by molar-refractivity contribution is 6.91. The zero-order chi connectivity index (χ0) is 17.6. The highest BCUT2D eigenvalue weighted by Gasteiger charge is 2.45. The Morgan fingerprint density at radius 1 is 1.25 bits per heavy atom. The molecule has 1 aromatic carbocycles. The third-order valence-corrected chi connectivity index (χ3v) is 9.92. The number of rotatable bonds is 8. The van der Waals surface area contributed by atoms with Crippen LogP contribution < -0.4 is 10.7 Å². The average Bonchev–Trinajstić information content (AvgIpc) is 2.98. The van der Waals surface area contributed by atoms with Gasteiger partial charge >= 0.3 is 5.97 Å². The fourth-order valence-corrected chi connectivity index (χ4v) is 8.10. The van der Waals surface area contributed by atoms with Gasteiger partial charge in [-0.3, -0.25) is 4.79 Å². The van der Waals surface area contributed by atoms with Crippen molar-refractivity contribution in [3.05, 3.63) is 30.3 Å². The van der Waals surface area contributed by atoms with E-state index in [1.807, 2.05) is 6.92 Å². The van der Waals surface area contributed by atoms with E-state index in [0.29, 0.717) is 30.5 Å². The van der Waals surface area contributed by atoms with Crippen LogP contribution in [0.1, 0.15) is 32.6 Å². The molecule has 0 aliphatic heterocycles. The van der Waals surface area contributed by atoms with Gasteiger partial charge in [-0.15, -0.1) is 0 Å². The van der Waals surface area contributed by atoms with Crippen LogP contribution in [0.2, 0.25) is 18.6 Å². The second-order valence-corrected chi connectivity index (χ2v) is 12.0. The first-order valence-corrected chi connectivity index (χ1v) is 12.1. The van der Waals surface area contributed by atoms with Gasteiger partial charge in [0.05, 0.1) is 21.8 Å². The van der Waals surface area contributed by atoms with E-state index in [2.05, 4.69) is 48.9 Å². The van der Waals surface area contributed by atoms with E-state index >= 15 is 0 Å². The molecule has 4 nitrogen and oxygen atoms in total. The molecule has 1 aliphatic carbocycles. The minimum absolute atomic E-state index is 0.0847. The largest absolute Gasteiger partial charge is 0.466 e. The fourth-order valence-electron chi connectivity index (χ4n) is 4.26. The smallest absolute Gasteiger partial charge is 0.305 e. The zero-order valence-corrected chi connectivity index (χ0v) is 16.4. The van der Waals surface area contributed by atoms with Crippen molar-refractivity contribution in [2.24, 2.45) is 5.92 Å². The number of benzene rings is 1. The van der Waals surface area contributed by atoms with Crippen LogP contribution in [0.4, 0.5) is 0 Å². The van der Waals surface area contributed by atoms with Crippen LogP contribution in [0.15, 0.2) is 30.3 Å². The molecular formula is C19H31NO3Si. The van der Waals surface area contributed by atoms with Crippen LogP contribution in [0.3, 0.4) is 0 Å². The summed E-state index contributed by atoms with van der Waals surface area (Å²) in [5, 5.41) is 1.49. The topological polar surface area (TPSA) is 47.6 Å². The maximum atomic E-state index is 11.8. The summed E-state index contributed by atoms with van der Waals surface area (Å²) in [5.74, 6) is 0.370. The predicted octanol–water partition coefficient (Wildman–Crippen LogP) is 3.25. The summed E-state index contributed by atoms with van der Waals surface area (Å²) < 4.78 is 5.12. The summed E-state index contributed by atoms with van der Waals surface area (Å²) in [6.07, 6.45) is 3.67. The molecule has 134 valence electrons. The number of hydroxylamine groups is 1. The van der Waals surface area contributed by atoms with Crippen molar-refractivity contribution in [2.75, 3.05) is 13.7 Å². The number of carbonyl (C=O) groups excluding carboxylic acids is 1. The van der Waals surface area contributed by atoms with Gasteiger partial charge in [-0.2, -0.15) is 5.48 Å². The predicted molar refractivity (Wildman–Crippen MR) is 99.8 cm³/mol. The van der Waals surface area contributed by atoms with E-state index in [-0.39, 0.29) is 5.97 Å². The van der Waals surface area contributed by atoms with Gasteiger partial charge in [-0.1, -0.05) is 55.0 Å². The number of hydrogen-bond acceptors (Lipinski definition) is 4. The Morgan fingerprint density at radius 3 is 2.58 bits per heavy atom. The van der Waals surface area contributed by atoms with Crippen LogP contribution in [0, 0.1) is 5.92 Å². The van der Waals surface area contributed by atoms with E-state index < -0.39 is 8.07 Å². The lowest BCUT2D eigenvalue weighted by Gasteiger charge is -2.36. The Bertz CT molecular complexity index is 521. The van der Waals surface area contributed by atoms with Crippen molar-refractivity contribution < 1.29 is 14.4 Å². The molecule has 2 rings (SSSR count). The average molecular weight is 350 g/mol. The molecule has 24 heavy (non-hydrogen) atoms. The van der Waals surface area contributed by atoms with Gasteiger partial charge in [0.2, 0.25) is 0 Å². The number of ether oxygens (including phenoxy) is 1. The summed E-state index contributed by atoms with van der Waals surface area (Å²) in [6, 6.07) is 11.2. The van der Waals surface area contributed by atoms with Crippen molar-refractivity contribution in [3.63, 3.8) is 0 Å². The summed E-state index contributed by atoms with van der Waals surface area (Å²) >= 11 is 0. The highest BCUT2D eigenvalue weighted by atomic mass is 28.3. The van der Waals surface area contributed by atoms with Crippen molar-refractivity contribution in [1.29, 1.82) is 0 Å². The SMILES string of the molecule is CCOC(=O)CC[C@H]1[C@@H](NOC)CC[C@@H]1[Si](C)(C)c1ccccc1. The fraction of sp³-hybridized carbons (Fsp3) is 0.632. The lowest BCUT2D eigenvalue weighted by Crippen LogP contribution is -2.49. The Kier molecular flexibility index (Phi) is 7.01. The lowest BCUT2D eigenvalue weighted by molar-refractivity contribution is -0.143. The first-order valence-electron chi connectivity index (χ1n) is 9.00. The zero-order valence-electron chi connectivity index (χ0n) is 15.4. The van der Waals surface area contributed by atoms with Crippen LogP contribution in [-0.4, -0.2) is 33.8 Å². The van der Waals surface area contributed by atoms with Crippen molar-refractivity contribution in [2.45, 2.75) is 57.3 Å². The monoisotopic (exact) mass is 349 g/mol. The molecule has 0 amide bonds. The van der Waals surface area contributed by atoms with E-state index in [1.54, 1.807) is 7.11 Å². The molecule has 1 fully saturated rings. The van der Waals surface area contributed by atoms with Crippen LogP contribution >= 0.6 is 0 Å². The maximum absolute atomic E-state index is 11.8. The quantitative estimate of drug-likeness (QED) is 0.445. The molecule has 1 aromatic rings. The summed E-state index contributed by atoms with van der Waals surface area (Å²) in [4.78, 5) is 17.1. The van der Waals surface area contributed by atoms with Crippen LogP contribution in [0.25, 0.3) is 0 Å². The molecule has 0 heterocycles. The molecular weight excluding hydrogens is 318 g/mol. The van der Waals surface area contributed by atoms with Gasteiger partial charge in [-0.05, 0) is 31.2 Å². The number of nitrogens with one attached hydrogen (secondary N) is 1. The van der Waals surface area contributed by atoms with Gasteiger partial charge in [0, 0.05) is 12.5 Å². The highest BCUT2D eigenvalue weighted by Crippen LogP contribution is 2.45. The van der Waals surface area contributed by atoms with Crippen molar-refractivity contribution >= 4 is 19.2 Å². The number of carbonyl (C=O) groups is 1. The first-order chi connectivity index (χ1) is 11.5. The summed E-state index contributed by atoms with van der Waals surface area (Å²) in [6.45, 7) is 7.23. The Labute approximate surface area is 146 Å².